The van der Waals surface area contributed by atoms with Crippen LogP contribution in [-0.2, 0) is 11.2 Å². The van der Waals surface area contributed by atoms with E-state index in [9.17, 15) is 18.0 Å². The second kappa shape index (κ2) is 5.25. The Labute approximate surface area is 125 Å². The molecule has 5 heteroatoms. The molecule has 1 heterocycles. The SMILES string of the molecule is O=C(c1ccccc1)C1OC1(Cc1ccccc1)C(F)(F)F. The Bertz CT molecular complexity index is 667. The molecule has 2 atom stereocenters. The molecule has 0 spiro atoms. The molecule has 2 nitrogen and oxygen atoms in total. The Morgan fingerprint density at radius 2 is 1.55 bits per heavy atom. The maximum absolute atomic E-state index is 13.4. The van der Waals surface area contributed by atoms with Gasteiger partial charge in [-0.2, -0.15) is 13.2 Å². The van der Waals surface area contributed by atoms with Crippen molar-refractivity contribution in [3.05, 3.63) is 71.8 Å². The molecule has 22 heavy (non-hydrogen) atoms. The van der Waals surface area contributed by atoms with E-state index < -0.39 is 23.7 Å². The molecule has 0 aliphatic carbocycles. The topological polar surface area (TPSA) is 29.6 Å². The van der Waals surface area contributed by atoms with Gasteiger partial charge in [0.1, 0.15) is 0 Å². The van der Waals surface area contributed by atoms with Gasteiger partial charge in [0.05, 0.1) is 0 Å². The molecule has 2 aromatic rings. The average Bonchev–Trinajstić information content (AvgIpc) is 3.24. The van der Waals surface area contributed by atoms with Crippen LogP contribution in [0.1, 0.15) is 15.9 Å². The van der Waals surface area contributed by atoms with Crippen LogP contribution < -0.4 is 0 Å². The molecule has 1 saturated heterocycles. The summed E-state index contributed by atoms with van der Waals surface area (Å²) in [5.74, 6) is -0.631. The molecule has 2 aromatic carbocycles. The maximum Gasteiger partial charge on any atom is 0.420 e. The maximum atomic E-state index is 13.4. The van der Waals surface area contributed by atoms with Crippen molar-refractivity contribution < 1.29 is 22.7 Å². The van der Waals surface area contributed by atoms with E-state index in [-0.39, 0.29) is 12.0 Å². The third-order valence-corrected chi connectivity index (χ3v) is 3.78. The van der Waals surface area contributed by atoms with E-state index in [2.05, 4.69) is 0 Å². The summed E-state index contributed by atoms with van der Waals surface area (Å²) in [6, 6.07) is 16.2. The number of hydrogen-bond acceptors (Lipinski definition) is 2. The molecule has 0 saturated carbocycles. The number of Topliss-reactive ketones (excluding diaryl/α,β-unsaturated/α-hetero) is 1. The van der Waals surface area contributed by atoms with Gasteiger partial charge in [0.15, 0.2) is 11.9 Å². The number of carbonyl (C=O) groups is 1. The second-order valence-corrected chi connectivity index (χ2v) is 5.28. The van der Waals surface area contributed by atoms with Crippen LogP contribution in [0, 0.1) is 0 Å². The summed E-state index contributed by atoms with van der Waals surface area (Å²) in [7, 11) is 0. The number of ketones is 1. The fraction of sp³-hybridized carbons (Fsp3) is 0.235. The van der Waals surface area contributed by atoms with Gasteiger partial charge >= 0.3 is 6.18 Å². The van der Waals surface area contributed by atoms with Crippen molar-refractivity contribution >= 4 is 5.78 Å². The summed E-state index contributed by atoms with van der Waals surface area (Å²) >= 11 is 0. The molecule has 2 unspecified atom stereocenters. The molecular formula is C17H13F3O2. The fourth-order valence-corrected chi connectivity index (χ4v) is 2.54. The molecule has 1 aliphatic heterocycles. The Balaban J connectivity index is 1.87. The van der Waals surface area contributed by atoms with Gasteiger partial charge in [-0.1, -0.05) is 60.7 Å². The number of benzene rings is 2. The molecule has 0 amide bonds. The van der Waals surface area contributed by atoms with Gasteiger partial charge in [-0.15, -0.1) is 0 Å². The average molecular weight is 306 g/mol. The normalized spacial score (nSPS) is 24.0. The molecule has 0 aromatic heterocycles. The van der Waals surface area contributed by atoms with Gasteiger partial charge in [-0.25, -0.2) is 0 Å². The summed E-state index contributed by atoms with van der Waals surface area (Å²) < 4.78 is 45.2. The van der Waals surface area contributed by atoms with E-state index in [0.717, 1.165) is 0 Å². The highest BCUT2D eigenvalue weighted by Crippen LogP contribution is 2.52. The third-order valence-electron chi connectivity index (χ3n) is 3.78. The standard InChI is InChI=1S/C17H13F3O2/c18-17(19,20)16(11-12-7-3-1-4-8-12)15(22-16)14(21)13-9-5-2-6-10-13/h1-10,15H,11H2. The van der Waals surface area contributed by atoms with Crippen LogP contribution in [0.25, 0.3) is 0 Å². The first-order valence-corrected chi connectivity index (χ1v) is 6.82. The highest BCUT2D eigenvalue weighted by Gasteiger charge is 2.75. The number of ether oxygens (including phenoxy) is 1. The van der Waals surface area contributed by atoms with Crippen molar-refractivity contribution in [2.75, 3.05) is 0 Å². The smallest absolute Gasteiger partial charge is 0.347 e. The molecule has 1 aliphatic rings. The lowest BCUT2D eigenvalue weighted by Gasteiger charge is -2.17. The minimum atomic E-state index is -4.60. The zero-order valence-corrected chi connectivity index (χ0v) is 11.5. The quantitative estimate of drug-likeness (QED) is 0.635. The van der Waals surface area contributed by atoms with Crippen LogP contribution in [0.15, 0.2) is 60.7 Å². The number of alkyl halides is 3. The second-order valence-electron chi connectivity index (χ2n) is 5.28. The predicted octanol–water partition coefficient (Wildman–Crippen LogP) is 3.81. The fourth-order valence-electron chi connectivity index (χ4n) is 2.54. The van der Waals surface area contributed by atoms with E-state index >= 15 is 0 Å². The number of halogens is 3. The molecule has 0 radical (unpaired) electrons. The number of carbonyl (C=O) groups excluding carboxylic acids is 1. The van der Waals surface area contributed by atoms with E-state index in [1.54, 1.807) is 48.5 Å². The van der Waals surface area contributed by atoms with Crippen molar-refractivity contribution in [1.82, 2.24) is 0 Å². The van der Waals surface area contributed by atoms with Gasteiger partial charge in [0.25, 0.3) is 0 Å². The van der Waals surface area contributed by atoms with Crippen LogP contribution in [0.2, 0.25) is 0 Å². The van der Waals surface area contributed by atoms with E-state index in [1.165, 1.54) is 12.1 Å². The molecule has 0 N–H and O–H groups in total. The summed E-state index contributed by atoms with van der Waals surface area (Å²) in [6.07, 6.45) is -6.44. The van der Waals surface area contributed by atoms with Crippen LogP contribution in [0.3, 0.4) is 0 Å². The van der Waals surface area contributed by atoms with Crippen molar-refractivity contribution in [2.24, 2.45) is 0 Å². The molecule has 0 bridgehead atoms. The van der Waals surface area contributed by atoms with Gasteiger partial charge in [-0.3, -0.25) is 4.79 Å². The number of hydrogen-bond donors (Lipinski definition) is 0. The summed E-state index contributed by atoms with van der Waals surface area (Å²) in [6.45, 7) is 0. The zero-order valence-electron chi connectivity index (χ0n) is 11.5. The number of rotatable bonds is 4. The van der Waals surface area contributed by atoms with E-state index in [1.807, 2.05) is 0 Å². The van der Waals surface area contributed by atoms with Crippen molar-refractivity contribution in [3.8, 4) is 0 Å². The van der Waals surface area contributed by atoms with Gasteiger partial charge in [-0.05, 0) is 5.56 Å². The van der Waals surface area contributed by atoms with Gasteiger partial charge < -0.3 is 4.74 Å². The molecule has 3 rings (SSSR count). The van der Waals surface area contributed by atoms with Gasteiger partial charge in [0, 0.05) is 12.0 Å². The monoisotopic (exact) mass is 306 g/mol. The van der Waals surface area contributed by atoms with Crippen molar-refractivity contribution in [3.63, 3.8) is 0 Å². The van der Waals surface area contributed by atoms with Crippen molar-refractivity contribution in [1.29, 1.82) is 0 Å². The Morgan fingerprint density at radius 3 is 2.09 bits per heavy atom. The molecule has 114 valence electrons. The predicted molar refractivity (Wildman–Crippen MR) is 74.6 cm³/mol. The van der Waals surface area contributed by atoms with Crippen LogP contribution in [-0.4, -0.2) is 23.7 Å². The van der Waals surface area contributed by atoms with Crippen LogP contribution in [0.4, 0.5) is 13.2 Å². The van der Waals surface area contributed by atoms with Crippen molar-refractivity contribution in [2.45, 2.75) is 24.3 Å². The first-order valence-electron chi connectivity index (χ1n) is 6.82. The summed E-state index contributed by atoms with van der Waals surface area (Å²) in [5, 5.41) is 0. The number of epoxide rings is 1. The minimum absolute atomic E-state index is 0.228. The highest BCUT2D eigenvalue weighted by molar-refractivity contribution is 6.02. The zero-order chi connectivity index (χ0) is 15.8. The largest absolute Gasteiger partial charge is 0.420 e. The van der Waals surface area contributed by atoms with Crippen LogP contribution >= 0.6 is 0 Å². The lowest BCUT2D eigenvalue weighted by atomic mass is 9.91. The Morgan fingerprint density at radius 1 is 1.00 bits per heavy atom. The minimum Gasteiger partial charge on any atom is -0.347 e. The lowest BCUT2D eigenvalue weighted by molar-refractivity contribution is -0.183. The first-order chi connectivity index (χ1) is 10.4. The molecular weight excluding hydrogens is 293 g/mol. The summed E-state index contributed by atoms with van der Waals surface area (Å²) in [4.78, 5) is 12.2. The van der Waals surface area contributed by atoms with Gasteiger partial charge in [0.2, 0.25) is 5.60 Å². The van der Waals surface area contributed by atoms with E-state index in [0.29, 0.717) is 5.56 Å². The first kappa shape index (κ1) is 14.8. The molecule has 1 fully saturated rings. The van der Waals surface area contributed by atoms with Crippen LogP contribution in [0.5, 0.6) is 0 Å². The third kappa shape index (κ3) is 2.52. The Hall–Kier alpha value is -2.14. The lowest BCUT2D eigenvalue weighted by Crippen LogP contribution is -2.39. The Kier molecular flexibility index (Phi) is 3.53. The summed E-state index contributed by atoms with van der Waals surface area (Å²) in [5.41, 5.74) is -1.70. The highest BCUT2D eigenvalue weighted by atomic mass is 19.4. The van der Waals surface area contributed by atoms with E-state index in [4.69, 9.17) is 4.74 Å².